The fraction of sp³-hybridized carbons (Fsp3) is 0.571. The van der Waals surface area contributed by atoms with Gasteiger partial charge in [-0.3, -0.25) is 9.78 Å². The van der Waals surface area contributed by atoms with Crippen LogP contribution in [-0.2, 0) is 9.53 Å². The molecule has 1 aromatic heterocycles. The van der Waals surface area contributed by atoms with Crippen molar-refractivity contribution in [2.75, 3.05) is 6.61 Å². The van der Waals surface area contributed by atoms with Gasteiger partial charge in [-0.15, -0.1) is 0 Å². The molecule has 0 bridgehead atoms. The second kappa shape index (κ2) is 5.92. The molecule has 3 nitrogen and oxygen atoms in total. The Balaban J connectivity index is 1.83. The summed E-state index contributed by atoms with van der Waals surface area (Å²) in [5, 5.41) is 0. The molecule has 17 heavy (non-hydrogen) atoms. The lowest BCUT2D eigenvalue weighted by Gasteiger charge is -2.12. The first-order valence-electron chi connectivity index (χ1n) is 6.32. The molecule has 2 heterocycles. The molecule has 0 N–H and O–H groups in total. The van der Waals surface area contributed by atoms with Crippen LogP contribution < -0.4 is 0 Å². The first-order chi connectivity index (χ1) is 8.27. The van der Waals surface area contributed by atoms with Gasteiger partial charge in [-0.05, 0) is 38.3 Å². The Morgan fingerprint density at radius 3 is 3.12 bits per heavy atom. The third kappa shape index (κ3) is 3.37. The lowest BCUT2D eigenvalue weighted by atomic mass is 9.96. The summed E-state index contributed by atoms with van der Waals surface area (Å²) in [5.74, 6) is 0.164. The van der Waals surface area contributed by atoms with Crippen molar-refractivity contribution in [3.05, 3.63) is 30.1 Å². The highest BCUT2D eigenvalue weighted by atomic mass is 16.5. The Kier molecular flexibility index (Phi) is 4.26. The Bertz CT molecular complexity index is 358. The van der Waals surface area contributed by atoms with Crippen LogP contribution in [0.4, 0.5) is 0 Å². The minimum absolute atomic E-state index is 0.0994. The van der Waals surface area contributed by atoms with Crippen LogP contribution in [0.15, 0.2) is 24.4 Å². The second-order valence-corrected chi connectivity index (χ2v) is 4.62. The van der Waals surface area contributed by atoms with Crippen molar-refractivity contribution < 1.29 is 9.53 Å². The van der Waals surface area contributed by atoms with Gasteiger partial charge in [0.2, 0.25) is 0 Å². The van der Waals surface area contributed by atoms with Gasteiger partial charge in [0.25, 0.3) is 0 Å². The quantitative estimate of drug-likeness (QED) is 0.785. The molecule has 0 spiro atoms. The molecule has 0 radical (unpaired) electrons. The van der Waals surface area contributed by atoms with E-state index in [0.717, 1.165) is 31.6 Å². The van der Waals surface area contributed by atoms with Crippen LogP contribution in [-0.4, -0.2) is 23.5 Å². The number of nitrogens with zero attached hydrogens (tertiary/aromatic N) is 1. The van der Waals surface area contributed by atoms with Crippen LogP contribution in [0.25, 0.3) is 0 Å². The minimum atomic E-state index is -0.0994. The lowest BCUT2D eigenvalue weighted by Crippen LogP contribution is -2.14. The molecule has 1 saturated heterocycles. The summed E-state index contributed by atoms with van der Waals surface area (Å²) < 4.78 is 5.52. The predicted molar refractivity (Wildman–Crippen MR) is 65.9 cm³/mol. The summed E-state index contributed by atoms with van der Waals surface area (Å²) in [5.41, 5.74) is 0.866. The van der Waals surface area contributed by atoms with Crippen molar-refractivity contribution in [3.8, 4) is 0 Å². The molecule has 1 aliphatic rings. The molecule has 1 aromatic rings. The molecule has 92 valence electrons. The summed E-state index contributed by atoms with van der Waals surface area (Å²) in [6, 6.07) is 5.70. The van der Waals surface area contributed by atoms with Gasteiger partial charge >= 0.3 is 0 Å². The Morgan fingerprint density at radius 2 is 2.47 bits per heavy atom. The maximum atomic E-state index is 12.0. The minimum Gasteiger partial charge on any atom is -0.378 e. The monoisotopic (exact) mass is 233 g/mol. The third-order valence-corrected chi connectivity index (χ3v) is 3.35. The second-order valence-electron chi connectivity index (χ2n) is 4.62. The van der Waals surface area contributed by atoms with E-state index in [1.807, 2.05) is 25.1 Å². The fourth-order valence-electron chi connectivity index (χ4n) is 2.19. The van der Waals surface area contributed by atoms with E-state index in [0.29, 0.717) is 12.5 Å². The number of carbonyl (C=O) groups is 1. The highest BCUT2D eigenvalue weighted by Crippen LogP contribution is 2.20. The summed E-state index contributed by atoms with van der Waals surface area (Å²) in [6.07, 6.45) is 5.73. The van der Waals surface area contributed by atoms with E-state index in [1.165, 1.54) is 0 Å². The SMILES string of the molecule is CC(C(=O)CCC1CCCO1)c1ccccn1. The molecular weight excluding hydrogens is 214 g/mol. The van der Waals surface area contributed by atoms with Gasteiger partial charge in [0.05, 0.1) is 17.7 Å². The first-order valence-corrected chi connectivity index (χ1v) is 6.32. The number of aromatic nitrogens is 1. The molecule has 3 heteroatoms. The smallest absolute Gasteiger partial charge is 0.141 e. The summed E-state index contributed by atoms with van der Waals surface area (Å²) in [7, 11) is 0. The zero-order chi connectivity index (χ0) is 12.1. The highest BCUT2D eigenvalue weighted by molar-refractivity contribution is 5.84. The molecular formula is C14H19NO2. The number of hydrogen-bond acceptors (Lipinski definition) is 3. The molecule has 2 unspecified atom stereocenters. The van der Waals surface area contributed by atoms with Crippen molar-refractivity contribution in [2.45, 2.75) is 44.6 Å². The van der Waals surface area contributed by atoms with Gasteiger partial charge in [0, 0.05) is 19.2 Å². The molecule has 2 rings (SSSR count). The molecule has 1 fully saturated rings. The third-order valence-electron chi connectivity index (χ3n) is 3.35. The standard InChI is InChI=1S/C14H19NO2/c1-11(13-6-2-3-9-15-13)14(16)8-7-12-5-4-10-17-12/h2-3,6,9,11-12H,4-5,7-8,10H2,1H3. The van der Waals surface area contributed by atoms with Crippen molar-refractivity contribution in [1.82, 2.24) is 4.98 Å². The highest BCUT2D eigenvalue weighted by Gasteiger charge is 2.20. The number of rotatable bonds is 5. The van der Waals surface area contributed by atoms with Crippen molar-refractivity contribution >= 4 is 5.78 Å². The van der Waals surface area contributed by atoms with Crippen LogP contribution in [0.1, 0.15) is 44.2 Å². The Morgan fingerprint density at radius 1 is 1.59 bits per heavy atom. The van der Waals surface area contributed by atoms with Gasteiger partial charge in [0.1, 0.15) is 5.78 Å². The van der Waals surface area contributed by atoms with E-state index in [9.17, 15) is 4.79 Å². The molecule has 2 atom stereocenters. The number of ether oxygens (including phenoxy) is 1. The lowest BCUT2D eigenvalue weighted by molar-refractivity contribution is -0.120. The van der Waals surface area contributed by atoms with E-state index in [-0.39, 0.29) is 11.7 Å². The summed E-state index contributed by atoms with van der Waals surface area (Å²) in [6.45, 7) is 2.79. The average molecular weight is 233 g/mol. The van der Waals surface area contributed by atoms with Gasteiger partial charge < -0.3 is 4.74 Å². The largest absolute Gasteiger partial charge is 0.378 e. The average Bonchev–Trinajstić information content (AvgIpc) is 2.89. The van der Waals surface area contributed by atoms with Crippen molar-refractivity contribution in [3.63, 3.8) is 0 Å². The van der Waals surface area contributed by atoms with Crippen molar-refractivity contribution in [2.24, 2.45) is 0 Å². The number of pyridine rings is 1. The summed E-state index contributed by atoms with van der Waals surface area (Å²) >= 11 is 0. The predicted octanol–water partition coefficient (Wildman–Crippen LogP) is 2.71. The van der Waals surface area contributed by atoms with Crippen molar-refractivity contribution in [1.29, 1.82) is 0 Å². The van der Waals surface area contributed by atoms with Crippen LogP contribution in [0, 0.1) is 0 Å². The molecule has 0 amide bonds. The Labute approximate surface area is 102 Å². The number of ketones is 1. The van der Waals surface area contributed by atoms with E-state index < -0.39 is 0 Å². The molecule has 1 aliphatic heterocycles. The number of Topliss-reactive ketones (excluding diaryl/α,β-unsaturated/α-hetero) is 1. The topological polar surface area (TPSA) is 39.2 Å². The molecule has 0 saturated carbocycles. The number of carbonyl (C=O) groups excluding carboxylic acids is 1. The maximum Gasteiger partial charge on any atom is 0.141 e. The van der Waals surface area contributed by atoms with E-state index >= 15 is 0 Å². The zero-order valence-electron chi connectivity index (χ0n) is 10.3. The van der Waals surface area contributed by atoms with Crippen LogP contribution in [0.3, 0.4) is 0 Å². The van der Waals surface area contributed by atoms with Crippen LogP contribution in [0.2, 0.25) is 0 Å². The van der Waals surface area contributed by atoms with Crippen LogP contribution in [0.5, 0.6) is 0 Å². The first kappa shape index (κ1) is 12.2. The molecule has 0 aliphatic carbocycles. The van der Waals surface area contributed by atoms with Gasteiger partial charge in [0.15, 0.2) is 0 Å². The normalized spacial score (nSPS) is 21.4. The fourth-order valence-corrected chi connectivity index (χ4v) is 2.19. The van der Waals surface area contributed by atoms with E-state index in [1.54, 1.807) is 6.20 Å². The van der Waals surface area contributed by atoms with Gasteiger partial charge in [-0.1, -0.05) is 6.07 Å². The number of hydrogen-bond donors (Lipinski definition) is 0. The van der Waals surface area contributed by atoms with Crippen LogP contribution >= 0.6 is 0 Å². The molecule has 0 aromatic carbocycles. The van der Waals surface area contributed by atoms with Gasteiger partial charge in [-0.25, -0.2) is 0 Å². The summed E-state index contributed by atoms with van der Waals surface area (Å²) in [4.78, 5) is 16.2. The van der Waals surface area contributed by atoms with E-state index in [4.69, 9.17) is 4.74 Å². The van der Waals surface area contributed by atoms with Gasteiger partial charge in [-0.2, -0.15) is 0 Å². The van der Waals surface area contributed by atoms with E-state index in [2.05, 4.69) is 4.98 Å². The zero-order valence-corrected chi connectivity index (χ0v) is 10.3. The Hall–Kier alpha value is -1.22. The maximum absolute atomic E-state index is 12.0.